The third-order valence-corrected chi connectivity index (χ3v) is 4.82. The average molecular weight is 284 g/mol. The van der Waals surface area contributed by atoms with Crippen molar-refractivity contribution in [2.24, 2.45) is 0 Å². The molecule has 1 fully saturated rings. The lowest BCUT2D eigenvalue weighted by atomic mass is 9.64. The maximum atomic E-state index is 11.7. The Morgan fingerprint density at radius 1 is 1.35 bits per heavy atom. The molecule has 0 amide bonds. The number of hydrogen-bond acceptors (Lipinski definition) is 5. The second-order valence-corrected chi connectivity index (χ2v) is 6.80. The summed E-state index contributed by atoms with van der Waals surface area (Å²) in [6.07, 6.45) is 3.39. The van der Waals surface area contributed by atoms with Crippen LogP contribution in [0, 0.1) is 5.21 Å². The minimum Gasteiger partial charge on any atom is -0.762 e. The molecule has 1 rings (SSSR count). The highest BCUT2D eigenvalue weighted by Crippen LogP contribution is 2.51. The molecule has 1 aliphatic heterocycles. The van der Waals surface area contributed by atoms with Crippen molar-refractivity contribution in [2.75, 3.05) is 0 Å². The van der Waals surface area contributed by atoms with E-state index in [-0.39, 0.29) is 11.6 Å². The lowest BCUT2D eigenvalue weighted by Crippen LogP contribution is -2.75. The predicted octanol–water partition coefficient (Wildman–Crippen LogP) is 2.76. The molecular weight excluding hydrogens is 258 g/mol. The van der Waals surface area contributed by atoms with E-state index in [1.807, 2.05) is 6.92 Å². The van der Waals surface area contributed by atoms with E-state index in [4.69, 9.17) is 4.74 Å². The molecule has 3 atom stereocenters. The predicted molar refractivity (Wildman–Crippen MR) is 77.2 cm³/mol. The fourth-order valence-electron chi connectivity index (χ4n) is 3.17. The van der Waals surface area contributed by atoms with E-state index in [1.165, 1.54) is 6.92 Å². The topological polar surface area (TPSA) is 76.0 Å². The summed E-state index contributed by atoms with van der Waals surface area (Å²) in [4.78, 5) is 0. The van der Waals surface area contributed by atoms with Crippen molar-refractivity contribution in [3.05, 3.63) is 23.6 Å². The molecule has 0 aromatic heterocycles. The molecule has 0 aromatic carbocycles. The van der Waals surface area contributed by atoms with Gasteiger partial charge in [-0.3, -0.25) is 5.23 Å². The Balaban J connectivity index is 3.16. The minimum atomic E-state index is -1.50. The second-order valence-electron chi connectivity index (χ2n) is 6.80. The van der Waals surface area contributed by atoms with Gasteiger partial charge in [0.25, 0.3) is 0 Å². The van der Waals surface area contributed by atoms with Gasteiger partial charge in [-0.25, -0.2) is 0 Å². The molecule has 1 heterocycles. The molecule has 5 heteroatoms. The summed E-state index contributed by atoms with van der Waals surface area (Å²) in [5.41, 5.74) is -1.74. The van der Waals surface area contributed by atoms with Gasteiger partial charge < -0.3 is 20.3 Å². The number of hydrogen-bond donors (Lipinski definition) is 2. The van der Waals surface area contributed by atoms with Gasteiger partial charge in [0.2, 0.25) is 0 Å². The zero-order valence-electron chi connectivity index (χ0n) is 13.1. The third kappa shape index (κ3) is 2.70. The molecule has 2 N–H and O–H groups in total. The van der Waals surface area contributed by atoms with Crippen LogP contribution in [0.1, 0.15) is 53.9 Å². The SMILES string of the molecule is C=C=CCCC1(C)C[C@@](C)(N([O-])O)[C@](C)(O)C(C)(C)O1. The number of ether oxygens (including phenoxy) is 1. The summed E-state index contributed by atoms with van der Waals surface area (Å²) in [5, 5.41) is 31.8. The van der Waals surface area contributed by atoms with Gasteiger partial charge in [-0.15, -0.1) is 5.73 Å². The standard InChI is InChI=1S/C15H26NO4/c1-7-8-9-10-13(4)11-14(5,16(18)19)15(6,17)12(2,3)20-13/h8,17-18H,1,9-11H2,2-6H3/q-1/t13?,14-,15-/m1/s1. The fraction of sp³-hybridized carbons (Fsp3) is 0.800. The highest BCUT2D eigenvalue weighted by molar-refractivity contribution is 5.15. The number of rotatable bonds is 4. The summed E-state index contributed by atoms with van der Waals surface area (Å²) < 4.78 is 6.07. The van der Waals surface area contributed by atoms with Crippen LogP contribution in [0.2, 0.25) is 0 Å². The van der Waals surface area contributed by atoms with Crippen molar-refractivity contribution in [1.29, 1.82) is 0 Å². The zero-order chi connectivity index (χ0) is 15.8. The smallest absolute Gasteiger partial charge is 0.109 e. The zero-order valence-corrected chi connectivity index (χ0v) is 13.1. The molecule has 5 nitrogen and oxygen atoms in total. The summed E-state index contributed by atoms with van der Waals surface area (Å²) >= 11 is 0. The number of nitrogens with zero attached hydrogens (tertiary/aromatic N) is 1. The number of allylic oxidation sites excluding steroid dienone is 1. The van der Waals surface area contributed by atoms with Crippen LogP contribution < -0.4 is 0 Å². The average Bonchev–Trinajstić information content (AvgIpc) is 2.25. The quantitative estimate of drug-likeness (QED) is 0.613. The van der Waals surface area contributed by atoms with Crippen molar-refractivity contribution in [3.63, 3.8) is 0 Å². The largest absolute Gasteiger partial charge is 0.762 e. The maximum Gasteiger partial charge on any atom is 0.109 e. The molecule has 0 bridgehead atoms. The van der Waals surface area contributed by atoms with Gasteiger partial charge in [0, 0.05) is 0 Å². The molecule has 0 radical (unpaired) electrons. The van der Waals surface area contributed by atoms with Crippen molar-refractivity contribution < 1.29 is 15.1 Å². The summed E-state index contributed by atoms with van der Waals surface area (Å²) in [6.45, 7) is 12.0. The van der Waals surface area contributed by atoms with E-state index in [1.54, 1.807) is 26.8 Å². The lowest BCUT2D eigenvalue weighted by molar-refractivity contribution is -0.333. The van der Waals surface area contributed by atoms with Gasteiger partial charge in [-0.1, -0.05) is 6.58 Å². The molecule has 1 saturated heterocycles. The Morgan fingerprint density at radius 3 is 2.35 bits per heavy atom. The first-order chi connectivity index (χ1) is 8.92. The Labute approximate surface area is 121 Å². The molecule has 0 spiro atoms. The molecule has 1 aliphatic rings. The molecule has 0 saturated carbocycles. The second kappa shape index (κ2) is 5.26. The van der Waals surface area contributed by atoms with Crippen molar-refractivity contribution in [3.8, 4) is 0 Å². The van der Waals surface area contributed by atoms with Crippen LogP contribution >= 0.6 is 0 Å². The van der Waals surface area contributed by atoms with Gasteiger partial charge in [0.1, 0.15) is 5.60 Å². The highest BCUT2D eigenvalue weighted by Gasteiger charge is 2.62. The summed E-state index contributed by atoms with van der Waals surface area (Å²) in [7, 11) is 0. The van der Waals surface area contributed by atoms with Gasteiger partial charge in [0.15, 0.2) is 0 Å². The first kappa shape index (κ1) is 17.4. The van der Waals surface area contributed by atoms with E-state index in [9.17, 15) is 15.5 Å². The first-order valence-electron chi connectivity index (χ1n) is 6.85. The van der Waals surface area contributed by atoms with Crippen LogP contribution in [0.15, 0.2) is 18.4 Å². The van der Waals surface area contributed by atoms with Crippen LogP contribution in [0.25, 0.3) is 0 Å². The van der Waals surface area contributed by atoms with Crippen molar-refractivity contribution in [2.45, 2.75) is 76.2 Å². The summed E-state index contributed by atoms with van der Waals surface area (Å²) in [5.74, 6) is 0. The van der Waals surface area contributed by atoms with E-state index in [0.29, 0.717) is 12.8 Å². The molecule has 116 valence electrons. The van der Waals surface area contributed by atoms with Gasteiger partial charge in [-0.05, 0) is 60.0 Å². The van der Waals surface area contributed by atoms with Crippen molar-refractivity contribution >= 4 is 0 Å². The van der Waals surface area contributed by atoms with Crippen LogP contribution in [-0.2, 0) is 4.74 Å². The van der Waals surface area contributed by atoms with Crippen molar-refractivity contribution in [1.82, 2.24) is 5.23 Å². The Bertz CT molecular complexity index is 412. The molecular formula is C15H26NO4-. The normalized spacial score (nSPS) is 40.5. The Kier molecular flexibility index (Phi) is 4.57. The lowest BCUT2D eigenvalue weighted by Gasteiger charge is -2.64. The van der Waals surface area contributed by atoms with Crippen LogP contribution in [-0.4, -0.2) is 37.9 Å². The molecule has 0 aromatic rings. The van der Waals surface area contributed by atoms with E-state index in [2.05, 4.69) is 12.3 Å². The van der Waals surface area contributed by atoms with E-state index >= 15 is 0 Å². The Hall–Kier alpha value is -0.680. The van der Waals surface area contributed by atoms with E-state index in [0.717, 1.165) is 0 Å². The van der Waals surface area contributed by atoms with Crippen LogP contribution in [0.5, 0.6) is 0 Å². The van der Waals surface area contributed by atoms with Gasteiger partial charge in [0.05, 0.1) is 16.7 Å². The minimum absolute atomic E-state index is 0.126. The maximum absolute atomic E-state index is 11.7. The van der Waals surface area contributed by atoms with Gasteiger partial charge >= 0.3 is 0 Å². The van der Waals surface area contributed by atoms with Crippen LogP contribution in [0.3, 0.4) is 0 Å². The molecule has 0 aliphatic carbocycles. The highest BCUT2D eigenvalue weighted by atomic mass is 16.8. The summed E-state index contributed by atoms with van der Waals surface area (Å²) in [6, 6.07) is 0. The molecule has 1 unspecified atom stereocenters. The fourth-order valence-corrected chi connectivity index (χ4v) is 3.17. The van der Waals surface area contributed by atoms with Crippen LogP contribution in [0.4, 0.5) is 0 Å². The van der Waals surface area contributed by atoms with E-state index < -0.39 is 22.3 Å². The monoisotopic (exact) mass is 284 g/mol. The number of aliphatic hydroxyl groups is 1. The first-order valence-corrected chi connectivity index (χ1v) is 6.85. The Morgan fingerprint density at radius 2 is 1.90 bits per heavy atom. The number of hydroxylamine groups is 2. The molecule has 20 heavy (non-hydrogen) atoms. The van der Waals surface area contributed by atoms with Gasteiger partial charge in [-0.2, -0.15) is 0 Å². The third-order valence-electron chi connectivity index (χ3n) is 4.82.